The van der Waals surface area contributed by atoms with E-state index in [1.54, 1.807) is 12.0 Å². The number of hydrogen-bond acceptors (Lipinski definition) is 3. The van der Waals surface area contributed by atoms with Crippen molar-refractivity contribution in [2.45, 2.75) is 33.6 Å². The second-order valence-electron chi connectivity index (χ2n) is 4.93. The van der Waals surface area contributed by atoms with Gasteiger partial charge in [0.25, 0.3) is 0 Å². The minimum Gasteiger partial charge on any atom is -0.494 e. The summed E-state index contributed by atoms with van der Waals surface area (Å²) in [5.41, 5.74) is 2.66. The highest BCUT2D eigenvalue weighted by atomic mass is 35.5. The van der Waals surface area contributed by atoms with Crippen LogP contribution in [0.2, 0.25) is 0 Å². The Morgan fingerprint density at radius 1 is 1.29 bits per heavy atom. The molecule has 0 unspecified atom stereocenters. The zero-order valence-electron chi connectivity index (χ0n) is 13.2. The van der Waals surface area contributed by atoms with E-state index in [0.29, 0.717) is 12.4 Å². The van der Waals surface area contributed by atoms with Gasteiger partial charge >= 0.3 is 0 Å². The first-order chi connectivity index (χ1) is 10.1. The average Bonchev–Trinajstić information content (AvgIpc) is 2.49. The topological polar surface area (TPSA) is 38.8 Å². The first-order valence-electron chi connectivity index (χ1n) is 7.15. The fraction of sp³-hybridized carbons (Fsp3) is 0.562. The summed E-state index contributed by atoms with van der Waals surface area (Å²) in [4.78, 5) is 13.7. The van der Waals surface area contributed by atoms with Crippen LogP contribution in [0.5, 0.6) is 5.75 Å². The molecule has 0 N–H and O–H groups in total. The predicted molar refractivity (Wildman–Crippen MR) is 86.4 cm³/mol. The molecule has 0 atom stereocenters. The Bertz CT molecular complexity index is 477. The van der Waals surface area contributed by atoms with Crippen LogP contribution in [0.1, 0.15) is 30.9 Å². The second-order valence-corrected chi connectivity index (χ2v) is 5.19. The van der Waals surface area contributed by atoms with Crippen molar-refractivity contribution in [1.29, 1.82) is 0 Å². The maximum Gasteiger partial charge on any atom is 0.243 e. The fourth-order valence-electron chi connectivity index (χ4n) is 2.10. The Morgan fingerprint density at radius 2 is 1.95 bits per heavy atom. The lowest BCUT2D eigenvalue weighted by molar-refractivity contribution is -0.117. The van der Waals surface area contributed by atoms with Gasteiger partial charge in [-0.15, -0.1) is 11.6 Å². The first-order valence-corrected chi connectivity index (χ1v) is 7.68. The van der Waals surface area contributed by atoms with Crippen molar-refractivity contribution in [1.82, 2.24) is 0 Å². The Labute approximate surface area is 132 Å². The molecule has 118 valence electrons. The van der Waals surface area contributed by atoms with Crippen LogP contribution in [-0.2, 0) is 9.53 Å². The number of ether oxygens (including phenoxy) is 2. The standard InChI is InChI=1S/C16H24ClNO3/c1-5-6-9-21-11-18(14(19)10-17)15-12(2)7-8-13(3)16(15)20-4/h7-8H,5-6,9-11H2,1-4H3. The van der Waals surface area contributed by atoms with E-state index in [0.717, 1.165) is 29.7 Å². The number of methoxy groups -OCH3 is 1. The zero-order chi connectivity index (χ0) is 15.8. The molecule has 1 aromatic carbocycles. The van der Waals surface area contributed by atoms with Crippen molar-refractivity contribution >= 4 is 23.2 Å². The summed E-state index contributed by atoms with van der Waals surface area (Å²) in [5.74, 6) is 0.404. The van der Waals surface area contributed by atoms with Crippen molar-refractivity contribution in [2.24, 2.45) is 0 Å². The molecule has 0 saturated heterocycles. The Kier molecular flexibility index (Phi) is 7.54. The van der Waals surface area contributed by atoms with Crippen molar-refractivity contribution in [3.63, 3.8) is 0 Å². The molecular formula is C16H24ClNO3. The first kappa shape index (κ1) is 17.8. The van der Waals surface area contributed by atoms with Crippen LogP contribution in [0.4, 0.5) is 5.69 Å². The van der Waals surface area contributed by atoms with Crippen LogP contribution in [0, 0.1) is 13.8 Å². The third kappa shape index (κ3) is 4.61. The molecule has 1 rings (SSSR count). The van der Waals surface area contributed by atoms with Crippen LogP contribution >= 0.6 is 11.6 Å². The highest BCUT2D eigenvalue weighted by Gasteiger charge is 2.22. The van der Waals surface area contributed by atoms with Gasteiger partial charge in [-0.3, -0.25) is 9.69 Å². The molecule has 0 aliphatic rings. The summed E-state index contributed by atoms with van der Waals surface area (Å²) in [6.07, 6.45) is 2.02. The van der Waals surface area contributed by atoms with E-state index in [2.05, 4.69) is 6.92 Å². The van der Waals surface area contributed by atoms with Gasteiger partial charge in [0.1, 0.15) is 18.4 Å². The van der Waals surface area contributed by atoms with Gasteiger partial charge in [0.2, 0.25) is 5.91 Å². The molecule has 5 heteroatoms. The van der Waals surface area contributed by atoms with E-state index >= 15 is 0 Å². The average molecular weight is 314 g/mol. The molecule has 4 nitrogen and oxygen atoms in total. The number of unbranched alkanes of at least 4 members (excludes halogenated alkanes) is 1. The number of carbonyl (C=O) groups excluding carboxylic acids is 1. The van der Waals surface area contributed by atoms with Gasteiger partial charge in [-0.1, -0.05) is 25.5 Å². The lowest BCUT2D eigenvalue weighted by Crippen LogP contribution is -2.35. The molecule has 0 aliphatic carbocycles. The van der Waals surface area contributed by atoms with Gasteiger partial charge in [0.15, 0.2) is 0 Å². The van der Waals surface area contributed by atoms with E-state index in [1.807, 2.05) is 26.0 Å². The second kappa shape index (κ2) is 8.90. The summed E-state index contributed by atoms with van der Waals surface area (Å²) in [5, 5.41) is 0. The lowest BCUT2D eigenvalue weighted by atomic mass is 10.1. The van der Waals surface area contributed by atoms with Crippen molar-refractivity contribution in [3.8, 4) is 5.75 Å². The molecule has 21 heavy (non-hydrogen) atoms. The van der Waals surface area contributed by atoms with Crippen molar-refractivity contribution in [2.75, 3.05) is 31.2 Å². The number of amides is 1. The molecule has 0 aromatic heterocycles. The molecule has 0 fully saturated rings. The van der Waals surface area contributed by atoms with Gasteiger partial charge < -0.3 is 9.47 Å². The summed E-state index contributed by atoms with van der Waals surface area (Å²) in [6.45, 7) is 6.79. The molecular weight excluding hydrogens is 290 g/mol. The van der Waals surface area contributed by atoms with Crippen LogP contribution in [0.25, 0.3) is 0 Å². The Hall–Kier alpha value is -1.26. The summed E-state index contributed by atoms with van der Waals surface area (Å²) < 4.78 is 11.1. The number of anilines is 1. The molecule has 0 saturated carbocycles. The van der Waals surface area contributed by atoms with Crippen LogP contribution in [0.15, 0.2) is 12.1 Å². The van der Waals surface area contributed by atoms with E-state index in [4.69, 9.17) is 21.1 Å². The fourth-order valence-corrected chi connectivity index (χ4v) is 2.24. The minimum atomic E-state index is -0.194. The number of benzene rings is 1. The highest BCUT2D eigenvalue weighted by Crippen LogP contribution is 2.35. The van der Waals surface area contributed by atoms with Crippen molar-refractivity contribution < 1.29 is 14.3 Å². The summed E-state index contributed by atoms with van der Waals surface area (Å²) >= 11 is 5.74. The maximum atomic E-state index is 12.2. The number of rotatable bonds is 8. The molecule has 0 aliphatic heterocycles. The number of alkyl halides is 1. The van der Waals surface area contributed by atoms with Gasteiger partial charge in [0.05, 0.1) is 12.8 Å². The predicted octanol–water partition coefficient (Wildman–Crippen LogP) is 3.66. The molecule has 1 amide bonds. The van der Waals surface area contributed by atoms with E-state index in [9.17, 15) is 4.79 Å². The summed E-state index contributed by atoms with van der Waals surface area (Å²) in [7, 11) is 1.60. The van der Waals surface area contributed by atoms with E-state index in [-0.39, 0.29) is 18.5 Å². The molecule has 0 radical (unpaired) electrons. The Morgan fingerprint density at radius 3 is 2.52 bits per heavy atom. The largest absolute Gasteiger partial charge is 0.494 e. The van der Waals surface area contributed by atoms with Gasteiger partial charge in [-0.2, -0.15) is 0 Å². The van der Waals surface area contributed by atoms with Gasteiger partial charge in [-0.25, -0.2) is 0 Å². The third-order valence-electron chi connectivity index (χ3n) is 3.28. The van der Waals surface area contributed by atoms with Gasteiger partial charge in [0, 0.05) is 6.61 Å². The number of halogens is 1. The smallest absolute Gasteiger partial charge is 0.243 e. The quantitative estimate of drug-likeness (QED) is 0.418. The molecule has 0 bridgehead atoms. The number of aryl methyl sites for hydroxylation is 2. The van der Waals surface area contributed by atoms with Crippen LogP contribution in [-0.4, -0.2) is 32.2 Å². The third-order valence-corrected chi connectivity index (χ3v) is 3.51. The summed E-state index contributed by atoms with van der Waals surface area (Å²) in [6, 6.07) is 3.94. The maximum absolute atomic E-state index is 12.2. The van der Waals surface area contributed by atoms with Crippen LogP contribution in [0.3, 0.4) is 0 Å². The molecule has 1 aromatic rings. The number of carbonyl (C=O) groups is 1. The van der Waals surface area contributed by atoms with E-state index in [1.165, 1.54) is 0 Å². The normalized spacial score (nSPS) is 10.5. The Balaban J connectivity index is 3.08. The number of hydrogen-bond donors (Lipinski definition) is 0. The zero-order valence-corrected chi connectivity index (χ0v) is 14.0. The molecule has 0 spiro atoms. The highest BCUT2D eigenvalue weighted by molar-refractivity contribution is 6.29. The number of nitrogens with zero attached hydrogens (tertiary/aromatic N) is 1. The van der Waals surface area contributed by atoms with Crippen LogP contribution < -0.4 is 9.64 Å². The van der Waals surface area contributed by atoms with Crippen molar-refractivity contribution in [3.05, 3.63) is 23.3 Å². The SMILES string of the molecule is CCCCOCN(C(=O)CCl)c1c(C)ccc(C)c1OC. The monoisotopic (exact) mass is 313 g/mol. The van der Waals surface area contributed by atoms with Gasteiger partial charge in [-0.05, 0) is 31.4 Å². The molecule has 0 heterocycles. The van der Waals surface area contributed by atoms with E-state index < -0.39 is 0 Å². The lowest BCUT2D eigenvalue weighted by Gasteiger charge is -2.26. The minimum absolute atomic E-state index is 0.0896.